The van der Waals surface area contributed by atoms with Crippen LogP contribution in [0.3, 0.4) is 0 Å². The Morgan fingerprint density at radius 1 is 1.08 bits per heavy atom. The molecule has 0 atom stereocenters. The summed E-state index contributed by atoms with van der Waals surface area (Å²) in [6.07, 6.45) is 1.04. The molecule has 1 heterocycles. The van der Waals surface area contributed by atoms with E-state index in [0.29, 0.717) is 21.0 Å². The molecule has 3 N–H and O–H groups in total. The smallest absolute Gasteiger partial charge is 0.176 e. The van der Waals surface area contributed by atoms with E-state index in [9.17, 15) is 0 Å². The van der Waals surface area contributed by atoms with Crippen LogP contribution in [0.5, 0.6) is 0 Å². The fourth-order valence-electron chi connectivity index (χ4n) is 2.29. The molecule has 0 saturated carbocycles. The predicted molar refractivity (Wildman–Crippen MR) is 117 cm³/mol. The molecule has 5 nitrogen and oxygen atoms in total. The lowest BCUT2D eigenvalue weighted by Gasteiger charge is -2.14. The first kappa shape index (κ1) is 20.7. The maximum Gasteiger partial charge on any atom is 0.176 e. The highest BCUT2D eigenvalue weighted by Gasteiger charge is 2.05. The lowest BCUT2D eigenvalue weighted by atomic mass is 10.3. The third-order valence-corrected chi connectivity index (χ3v) is 4.42. The van der Waals surface area contributed by atoms with Crippen LogP contribution in [0.2, 0.25) is 10.0 Å². The van der Waals surface area contributed by atoms with Crippen molar-refractivity contribution in [2.45, 2.75) is 13.3 Å². The molecule has 1 aromatic heterocycles. The van der Waals surface area contributed by atoms with Crippen molar-refractivity contribution in [3.05, 3.63) is 45.9 Å². The van der Waals surface area contributed by atoms with Gasteiger partial charge < -0.3 is 20.9 Å². The van der Waals surface area contributed by atoms with E-state index in [1.165, 1.54) is 0 Å². The molecule has 0 aliphatic rings. The van der Waals surface area contributed by atoms with Gasteiger partial charge in [-0.15, -0.1) is 0 Å². The van der Waals surface area contributed by atoms with Gasteiger partial charge in [0.05, 0.1) is 10.0 Å². The van der Waals surface area contributed by atoms with Crippen molar-refractivity contribution in [2.75, 3.05) is 43.1 Å². The van der Waals surface area contributed by atoms with E-state index in [1.807, 2.05) is 25.1 Å². The van der Waals surface area contributed by atoms with Crippen LogP contribution in [0.1, 0.15) is 12.0 Å². The van der Waals surface area contributed by atoms with Gasteiger partial charge in [-0.1, -0.05) is 23.2 Å². The zero-order chi connectivity index (χ0) is 19.1. The van der Waals surface area contributed by atoms with Crippen molar-refractivity contribution >= 4 is 57.9 Å². The first-order valence-corrected chi connectivity index (χ1v) is 9.40. The summed E-state index contributed by atoms with van der Waals surface area (Å²) in [5.74, 6) is 1.50. The van der Waals surface area contributed by atoms with Gasteiger partial charge in [0.1, 0.15) is 11.6 Å². The number of nitrogens with zero attached hydrogens (tertiary/aromatic N) is 2. The highest BCUT2D eigenvalue weighted by Crippen LogP contribution is 2.25. The number of hydrogen-bond donors (Lipinski definition) is 3. The molecule has 0 bridgehead atoms. The molecule has 0 saturated heterocycles. The summed E-state index contributed by atoms with van der Waals surface area (Å²) < 4.78 is 0. The predicted octanol–water partition coefficient (Wildman–Crippen LogP) is 4.87. The molecule has 1 aromatic carbocycles. The largest absolute Gasteiger partial charge is 0.370 e. The van der Waals surface area contributed by atoms with Crippen LogP contribution < -0.4 is 16.0 Å². The van der Waals surface area contributed by atoms with Crippen molar-refractivity contribution in [1.29, 1.82) is 0 Å². The van der Waals surface area contributed by atoms with Crippen LogP contribution in [0.4, 0.5) is 17.3 Å². The molecular weight excluding hydrogens is 389 g/mol. The standard InChI is InChI=1S/C18H23Cl2N5S/c1-12-9-16(21-7-4-8-25(2)3)23-17(10-12)24-18(26)22-13-5-6-14(19)15(20)11-13/h5-6,9-11H,4,7-8H2,1-3H3,(H3,21,22,23,24,26). The summed E-state index contributed by atoms with van der Waals surface area (Å²) in [6.45, 7) is 3.91. The van der Waals surface area contributed by atoms with Crippen molar-refractivity contribution in [1.82, 2.24) is 9.88 Å². The summed E-state index contributed by atoms with van der Waals surface area (Å²) >= 11 is 17.3. The molecule has 0 unspecified atom stereocenters. The lowest BCUT2D eigenvalue weighted by molar-refractivity contribution is 0.405. The van der Waals surface area contributed by atoms with Gasteiger partial charge >= 0.3 is 0 Å². The van der Waals surface area contributed by atoms with Gasteiger partial charge in [0.25, 0.3) is 0 Å². The first-order valence-electron chi connectivity index (χ1n) is 8.24. The zero-order valence-electron chi connectivity index (χ0n) is 15.1. The quantitative estimate of drug-likeness (QED) is 0.446. The first-order chi connectivity index (χ1) is 12.3. The number of thiocarbonyl (C=S) groups is 1. The van der Waals surface area contributed by atoms with Crippen LogP contribution >= 0.6 is 35.4 Å². The van der Waals surface area contributed by atoms with E-state index in [0.717, 1.165) is 36.6 Å². The average molecular weight is 412 g/mol. The van der Waals surface area contributed by atoms with Crippen LogP contribution in [0.25, 0.3) is 0 Å². The van der Waals surface area contributed by atoms with E-state index < -0.39 is 0 Å². The Balaban J connectivity index is 1.95. The number of aromatic nitrogens is 1. The van der Waals surface area contributed by atoms with Crippen molar-refractivity contribution in [2.24, 2.45) is 0 Å². The minimum atomic E-state index is 0.431. The van der Waals surface area contributed by atoms with Gasteiger partial charge in [0.2, 0.25) is 0 Å². The molecule has 0 spiro atoms. The van der Waals surface area contributed by atoms with Crippen LogP contribution in [0.15, 0.2) is 30.3 Å². The topological polar surface area (TPSA) is 52.2 Å². The fourth-order valence-corrected chi connectivity index (χ4v) is 2.81. The Hall–Kier alpha value is -1.60. The van der Waals surface area contributed by atoms with Gasteiger partial charge in [0.15, 0.2) is 5.11 Å². The monoisotopic (exact) mass is 411 g/mol. The van der Waals surface area contributed by atoms with Gasteiger partial charge in [-0.25, -0.2) is 4.98 Å². The van der Waals surface area contributed by atoms with Crippen LogP contribution in [-0.2, 0) is 0 Å². The molecule has 0 aliphatic carbocycles. The van der Waals surface area contributed by atoms with E-state index in [2.05, 4.69) is 39.9 Å². The van der Waals surface area contributed by atoms with Crippen molar-refractivity contribution in [3.8, 4) is 0 Å². The fraction of sp³-hybridized carbons (Fsp3) is 0.333. The summed E-state index contributed by atoms with van der Waals surface area (Å²) in [5.41, 5.74) is 1.85. The van der Waals surface area contributed by atoms with Gasteiger partial charge in [-0.2, -0.15) is 0 Å². The number of pyridine rings is 1. The number of nitrogens with one attached hydrogen (secondary N) is 3. The van der Waals surface area contributed by atoms with E-state index in [1.54, 1.807) is 12.1 Å². The Labute approximate surface area is 170 Å². The van der Waals surface area contributed by atoms with E-state index in [4.69, 9.17) is 35.4 Å². The van der Waals surface area contributed by atoms with Crippen LogP contribution in [0, 0.1) is 6.92 Å². The van der Waals surface area contributed by atoms with E-state index in [-0.39, 0.29) is 0 Å². The summed E-state index contributed by atoms with van der Waals surface area (Å²) in [4.78, 5) is 6.71. The molecule has 140 valence electrons. The molecule has 0 aliphatic heterocycles. The summed E-state index contributed by atoms with van der Waals surface area (Å²) in [5, 5.41) is 10.9. The van der Waals surface area contributed by atoms with Gasteiger partial charge in [0, 0.05) is 12.2 Å². The van der Waals surface area contributed by atoms with Gasteiger partial charge in [-0.3, -0.25) is 0 Å². The second-order valence-electron chi connectivity index (χ2n) is 6.21. The summed E-state index contributed by atoms with van der Waals surface area (Å²) in [7, 11) is 4.13. The highest BCUT2D eigenvalue weighted by atomic mass is 35.5. The number of benzene rings is 1. The number of aryl methyl sites for hydroxylation is 1. The molecule has 26 heavy (non-hydrogen) atoms. The SMILES string of the molecule is Cc1cc(NCCCN(C)C)nc(NC(=S)Nc2ccc(Cl)c(Cl)c2)c1. The van der Waals surface area contributed by atoms with E-state index >= 15 is 0 Å². The van der Waals surface area contributed by atoms with Gasteiger partial charge in [-0.05, 0) is 82.1 Å². The third kappa shape index (κ3) is 6.96. The average Bonchev–Trinajstić information content (AvgIpc) is 2.54. The molecule has 2 aromatic rings. The molecule has 8 heteroatoms. The Morgan fingerprint density at radius 3 is 2.50 bits per heavy atom. The normalized spacial score (nSPS) is 10.7. The maximum atomic E-state index is 6.02. The lowest BCUT2D eigenvalue weighted by Crippen LogP contribution is -2.20. The van der Waals surface area contributed by atoms with Crippen molar-refractivity contribution < 1.29 is 0 Å². The molecule has 0 radical (unpaired) electrons. The van der Waals surface area contributed by atoms with Crippen LogP contribution in [-0.4, -0.2) is 42.2 Å². The number of rotatable bonds is 7. The second kappa shape index (κ2) is 9.92. The maximum absolute atomic E-state index is 6.02. The molecule has 2 rings (SSSR count). The molecule has 0 amide bonds. The Bertz CT molecular complexity index is 767. The number of anilines is 3. The number of hydrogen-bond acceptors (Lipinski definition) is 4. The zero-order valence-corrected chi connectivity index (χ0v) is 17.4. The Morgan fingerprint density at radius 2 is 1.81 bits per heavy atom. The minimum absolute atomic E-state index is 0.431. The highest BCUT2D eigenvalue weighted by molar-refractivity contribution is 7.80. The Kier molecular flexibility index (Phi) is 7.90. The summed E-state index contributed by atoms with van der Waals surface area (Å²) in [6, 6.07) is 9.20. The van der Waals surface area contributed by atoms with Crippen molar-refractivity contribution in [3.63, 3.8) is 0 Å². The molecular formula is C18H23Cl2N5S. The minimum Gasteiger partial charge on any atom is -0.370 e. The number of halogens is 2. The third-order valence-electron chi connectivity index (χ3n) is 3.48. The second-order valence-corrected chi connectivity index (χ2v) is 7.43. The molecule has 0 fully saturated rings.